The molecule has 136 valence electrons. The van der Waals surface area contributed by atoms with Crippen molar-refractivity contribution in [2.75, 3.05) is 54.2 Å². The molecule has 0 aromatic heterocycles. The highest BCUT2D eigenvalue weighted by atomic mass is 35.5. The van der Waals surface area contributed by atoms with E-state index in [0.29, 0.717) is 37.9 Å². The average Bonchev–Trinajstić information content (AvgIpc) is 3.19. The van der Waals surface area contributed by atoms with Gasteiger partial charge in [-0.2, -0.15) is 0 Å². The Kier molecular flexibility index (Phi) is 7.09. The summed E-state index contributed by atoms with van der Waals surface area (Å²) in [5.74, 6) is 0.879. The molecule has 0 radical (unpaired) electrons. The number of hydrogen-bond acceptors (Lipinski definition) is 7. The summed E-state index contributed by atoms with van der Waals surface area (Å²) in [4.78, 5) is 0. The lowest BCUT2D eigenvalue weighted by molar-refractivity contribution is -0.0628. The van der Waals surface area contributed by atoms with Gasteiger partial charge >= 0.3 is 0 Å². The Bertz CT molecular complexity index is 493. The average molecular weight is 363 g/mol. The summed E-state index contributed by atoms with van der Waals surface area (Å²) in [6.07, 6.45) is 4.98. The second-order valence-electron chi connectivity index (χ2n) is 5.09. The van der Waals surface area contributed by atoms with Crippen molar-refractivity contribution in [3.8, 4) is 0 Å². The lowest BCUT2D eigenvalue weighted by Gasteiger charge is -2.20. The predicted octanol–water partition coefficient (Wildman–Crippen LogP) is 1.93. The molecule has 0 spiro atoms. The minimum absolute atomic E-state index is 0.0362. The molecule has 2 unspecified atom stereocenters. The number of alkyl halides is 1. The molecular weight excluding hydrogens is 340 g/mol. The van der Waals surface area contributed by atoms with E-state index in [1.807, 2.05) is 0 Å². The molecule has 0 bridgehead atoms. The molecule has 1 aliphatic carbocycles. The number of epoxide rings is 1. The Morgan fingerprint density at radius 3 is 2.04 bits per heavy atom. The largest absolute Gasteiger partial charge is 0.464 e. The quantitative estimate of drug-likeness (QED) is 0.163. The first kappa shape index (κ1) is 19.2. The zero-order valence-corrected chi connectivity index (χ0v) is 14.7. The molecule has 1 aliphatic heterocycles. The van der Waals surface area contributed by atoms with E-state index in [1.54, 1.807) is 32.4 Å². The van der Waals surface area contributed by atoms with Crippen molar-refractivity contribution in [1.82, 2.24) is 0 Å². The summed E-state index contributed by atoms with van der Waals surface area (Å²) in [5.41, 5.74) is -0.791. The smallest absolute Gasteiger partial charge is 0.202 e. The van der Waals surface area contributed by atoms with Crippen LogP contribution in [0.5, 0.6) is 0 Å². The van der Waals surface area contributed by atoms with Crippen LogP contribution < -0.4 is 0 Å². The molecule has 2 aliphatic rings. The highest BCUT2D eigenvalue weighted by Crippen LogP contribution is 2.58. The van der Waals surface area contributed by atoms with Crippen LogP contribution in [0.1, 0.15) is 0 Å². The van der Waals surface area contributed by atoms with Gasteiger partial charge in [-0.25, -0.2) is 0 Å². The molecule has 1 fully saturated rings. The molecule has 2 rings (SSSR count). The summed E-state index contributed by atoms with van der Waals surface area (Å²) in [7, 11) is 3.20. The standard InChI is InChI=1S/C16H23ClO7/c1-4-15-9-13(22-11-20-7-5-18-2)14(10-16(15,17)24-15)23-12-21-8-6-19-3/h4,9-10H,1,5-8,11-12H2,2-3H3. The number of rotatable bonds is 13. The lowest BCUT2D eigenvalue weighted by atomic mass is 9.98. The third-order valence-electron chi connectivity index (χ3n) is 3.48. The molecular formula is C16H23ClO7. The SMILES string of the molecule is C=CC12C=C(OCOCCOC)C(OCOCCOC)=CC1(Cl)O2. The van der Waals surface area contributed by atoms with Crippen molar-refractivity contribution in [3.05, 3.63) is 36.3 Å². The predicted molar refractivity (Wildman–Crippen MR) is 86.3 cm³/mol. The van der Waals surface area contributed by atoms with E-state index < -0.39 is 10.7 Å². The first-order valence-corrected chi connectivity index (χ1v) is 7.86. The Labute approximate surface area is 146 Å². The zero-order valence-electron chi connectivity index (χ0n) is 13.9. The van der Waals surface area contributed by atoms with Crippen LogP contribution in [0.25, 0.3) is 0 Å². The van der Waals surface area contributed by atoms with Gasteiger partial charge in [-0.05, 0) is 0 Å². The van der Waals surface area contributed by atoms with Gasteiger partial charge in [0, 0.05) is 26.4 Å². The van der Waals surface area contributed by atoms with Crippen LogP contribution in [0.2, 0.25) is 0 Å². The summed E-state index contributed by atoms with van der Waals surface area (Å²) in [6, 6.07) is 0. The third-order valence-corrected chi connectivity index (χ3v) is 3.96. The topological polar surface area (TPSA) is 67.9 Å². The van der Waals surface area contributed by atoms with E-state index in [2.05, 4.69) is 6.58 Å². The zero-order chi connectivity index (χ0) is 17.5. The van der Waals surface area contributed by atoms with Crippen molar-refractivity contribution in [2.45, 2.75) is 10.7 Å². The van der Waals surface area contributed by atoms with Gasteiger partial charge in [0.2, 0.25) is 5.06 Å². The summed E-state index contributed by atoms with van der Waals surface area (Å²) < 4.78 is 37.2. The van der Waals surface area contributed by atoms with Crippen LogP contribution >= 0.6 is 11.6 Å². The minimum Gasteiger partial charge on any atom is -0.464 e. The number of methoxy groups -OCH3 is 2. The van der Waals surface area contributed by atoms with E-state index in [1.165, 1.54) is 0 Å². The fourth-order valence-corrected chi connectivity index (χ4v) is 2.43. The molecule has 0 N–H and O–H groups in total. The van der Waals surface area contributed by atoms with Gasteiger partial charge in [-0.3, -0.25) is 0 Å². The maximum Gasteiger partial charge on any atom is 0.202 e. The molecule has 0 aromatic carbocycles. The van der Waals surface area contributed by atoms with E-state index in [-0.39, 0.29) is 13.6 Å². The van der Waals surface area contributed by atoms with Crippen LogP contribution in [0.15, 0.2) is 36.3 Å². The molecule has 0 saturated carbocycles. The van der Waals surface area contributed by atoms with Crippen LogP contribution in [0, 0.1) is 0 Å². The van der Waals surface area contributed by atoms with Crippen LogP contribution in [-0.4, -0.2) is 64.9 Å². The number of halogens is 1. The highest BCUT2D eigenvalue weighted by Gasteiger charge is 2.68. The summed E-state index contributed by atoms with van der Waals surface area (Å²) in [6.45, 7) is 5.65. The van der Waals surface area contributed by atoms with E-state index in [4.69, 9.17) is 44.8 Å². The van der Waals surface area contributed by atoms with Gasteiger partial charge in [-0.15, -0.1) is 0 Å². The maximum absolute atomic E-state index is 6.37. The van der Waals surface area contributed by atoms with E-state index in [9.17, 15) is 0 Å². The van der Waals surface area contributed by atoms with Crippen molar-refractivity contribution >= 4 is 11.6 Å². The molecule has 1 heterocycles. The Hall–Kier alpha value is -1.09. The van der Waals surface area contributed by atoms with Gasteiger partial charge in [0.25, 0.3) is 0 Å². The van der Waals surface area contributed by atoms with Crippen molar-refractivity contribution in [3.63, 3.8) is 0 Å². The first-order valence-electron chi connectivity index (χ1n) is 7.48. The van der Waals surface area contributed by atoms with Gasteiger partial charge < -0.3 is 33.2 Å². The number of hydrogen-bond donors (Lipinski definition) is 0. The Morgan fingerprint density at radius 1 is 1.00 bits per heavy atom. The maximum atomic E-state index is 6.37. The van der Waals surface area contributed by atoms with Crippen molar-refractivity contribution in [1.29, 1.82) is 0 Å². The fraction of sp³-hybridized carbons (Fsp3) is 0.625. The third kappa shape index (κ3) is 4.50. The van der Waals surface area contributed by atoms with Crippen molar-refractivity contribution < 1.29 is 33.2 Å². The summed E-state index contributed by atoms with van der Waals surface area (Å²) in [5, 5.41) is -1.000. The lowest BCUT2D eigenvalue weighted by Crippen LogP contribution is -2.22. The van der Waals surface area contributed by atoms with E-state index >= 15 is 0 Å². The molecule has 1 saturated heterocycles. The molecule has 0 amide bonds. The molecule has 8 heteroatoms. The minimum atomic E-state index is -1.000. The molecule has 2 atom stereocenters. The van der Waals surface area contributed by atoms with Crippen LogP contribution in [0.4, 0.5) is 0 Å². The van der Waals surface area contributed by atoms with Crippen molar-refractivity contribution in [2.24, 2.45) is 0 Å². The second-order valence-corrected chi connectivity index (χ2v) is 5.65. The highest BCUT2D eigenvalue weighted by molar-refractivity contribution is 6.27. The number of ether oxygens (including phenoxy) is 7. The van der Waals surface area contributed by atoms with Gasteiger partial charge in [0.15, 0.2) is 30.7 Å². The van der Waals surface area contributed by atoms with Crippen LogP contribution in [-0.2, 0) is 33.2 Å². The second kappa shape index (κ2) is 8.84. The van der Waals surface area contributed by atoms with Gasteiger partial charge in [-0.1, -0.05) is 24.3 Å². The normalized spacial score (nSPS) is 27.8. The Morgan fingerprint density at radius 2 is 1.54 bits per heavy atom. The van der Waals surface area contributed by atoms with Crippen LogP contribution in [0.3, 0.4) is 0 Å². The van der Waals surface area contributed by atoms with Gasteiger partial charge in [0.05, 0.1) is 26.4 Å². The molecule has 0 aromatic rings. The summed E-state index contributed by atoms with van der Waals surface area (Å²) >= 11 is 6.37. The fourth-order valence-electron chi connectivity index (χ4n) is 2.07. The first-order chi connectivity index (χ1) is 11.6. The molecule has 24 heavy (non-hydrogen) atoms. The number of fused-ring (bicyclic) bond motifs is 1. The molecule has 7 nitrogen and oxygen atoms in total. The van der Waals surface area contributed by atoms with Gasteiger partial charge in [0.1, 0.15) is 0 Å². The monoisotopic (exact) mass is 362 g/mol. The Balaban J connectivity index is 1.90. The van der Waals surface area contributed by atoms with E-state index in [0.717, 1.165) is 0 Å².